The molecule has 2 rings (SSSR count). The lowest BCUT2D eigenvalue weighted by atomic mass is 10.3. The van der Waals surface area contributed by atoms with Crippen LogP contribution in [-0.2, 0) is 6.54 Å². The number of halogens is 1. The van der Waals surface area contributed by atoms with Crippen LogP contribution in [0.1, 0.15) is 4.88 Å². The van der Waals surface area contributed by atoms with Gasteiger partial charge >= 0.3 is 0 Å². The highest BCUT2D eigenvalue weighted by atomic mass is 35.5. The average Bonchev–Trinajstić information content (AvgIpc) is 2.70. The molecule has 0 aliphatic heterocycles. The molecule has 0 unspecified atom stereocenters. The number of aromatic nitrogens is 1. The van der Waals surface area contributed by atoms with E-state index >= 15 is 0 Å². The van der Waals surface area contributed by atoms with Crippen molar-refractivity contribution in [2.45, 2.75) is 6.54 Å². The van der Waals surface area contributed by atoms with Crippen LogP contribution in [0.4, 0.5) is 5.69 Å². The van der Waals surface area contributed by atoms with Gasteiger partial charge in [-0.15, -0.1) is 11.3 Å². The van der Waals surface area contributed by atoms with Crippen LogP contribution in [0.25, 0.3) is 0 Å². The molecule has 0 aliphatic rings. The summed E-state index contributed by atoms with van der Waals surface area (Å²) in [6, 6.07) is 7.67. The van der Waals surface area contributed by atoms with E-state index in [0.717, 1.165) is 17.3 Å². The summed E-state index contributed by atoms with van der Waals surface area (Å²) in [6.45, 7) is 0.812. The fourth-order valence-corrected chi connectivity index (χ4v) is 1.75. The zero-order valence-corrected chi connectivity index (χ0v) is 8.98. The second-order valence-corrected chi connectivity index (χ2v) is 4.24. The number of hydrogen-bond donors (Lipinski definition) is 1. The van der Waals surface area contributed by atoms with Gasteiger partial charge in [0, 0.05) is 21.8 Å². The van der Waals surface area contributed by atoms with E-state index in [1.165, 1.54) is 4.88 Å². The van der Waals surface area contributed by atoms with Gasteiger partial charge in [-0.2, -0.15) is 0 Å². The smallest absolute Gasteiger partial charge is 0.0794 e. The highest BCUT2D eigenvalue weighted by Crippen LogP contribution is 2.15. The second kappa shape index (κ2) is 4.44. The van der Waals surface area contributed by atoms with Gasteiger partial charge in [-0.1, -0.05) is 11.6 Å². The topological polar surface area (TPSA) is 24.9 Å². The molecule has 0 atom stereocenters. The van der Waals surface area contributed by atoms with Gasteiger partial charge in [0.1, 0.15) is 0 Å². The Bertz CT molecular complexity index is 383. The Balaban J connectivity index is 1.95. The molecule has 0 radical (unpaired) electrons. The third kappa shape index (κ3) is 2.47. The van der Waals surface area contributed by atoms with Gasteiger partial charge in [0.15, 0.2) is 0 Å². The first-order valence-electron chi connectivity index (χ1n) is 4.21. The zero-order valence-electron chi connectivity index (χ0n) is 7.40. The summed E-state index contributed by atoms with van der Waals surface area (Å²) in [5.41, 5.74) is 2.90. The van der Waals surface area contributed by atoms with Gasteiger partial charge < -0.3 is 5.32 Å². The first-order chi connectivity index (χ1) is 6.84. The summed E-state index contributed by atoms with van der Waals surface area (Å²) in [4.78, 5) is 5.23. The third-order valence-corrected chi connectivity index (χ3v) is 2.83. The fraction of sp³-hybridized carbons (Fsp3) is 0.100. The van der Waals surface area contributed by atoms with Crippen molar-refractivity contribution < 1.29 is 0 Å². The molecule has 0 spiro atoms. The van der Waals surface area contributed by atoms with E-state index in [9.17, 15) is 0 Å². The summed E-state index contributed by atoms with van der Waals surface area (Å²) in [7, 11) is 0. The minimum absolute atomic E-state index is 0.758. The Kier molecular flexibility index (Phi) is 3.01. The van der Waals surface area contributed by atoms with Crippen molar-refractivity contribution in [3.63, 3.8) is 0 Å². The molecule has 14 heavy (non-hydrogen) atoms. The van der Waals surface area contributed by atoms with Gasteiger partial charge in [0.2, 0.25) is 0 Å². The van der Waals surface area contributed by atoms with Crippen LogP contribution in [0.3, 0.4) is 0 Å². The SMILES string of the molecule is Clc1ccc(NCc2cncs2)cc1. The lowest BCUT2D eigenvalue weighted by Gasteiger charge is -2.03. The van der Waals surface area contributed by atoms with Crippen molar-refractivity contribution in [1.29, 1.82) is 0 Å². The molecule has 2 aromatic rings. The van der Waals surface area contributed by atoms with Crippen LogP contribution in [-0.4, -0.2) is 4.98 Å². The lowest BCUT2D eigenvalue weighted by molar-refractivity contribution is 1.17. The number of hydrogen-bond acceptors (Lipinski definition) is 3. The molecule has 0 amide bonds. The zero-order chi connectivity index (χ0) is 9.80. The normalized spacial score (nSPS) is 10.1. The largest absolute Gasteiger partial charge is 0.380 e. The van der Waals surface area contributed by atoms with Crippen LogP contribution in [0.15, 0.2) is 36.0 Å². The van der Waals surface area contributed by atoms with Crippen molar-refractivity contribution in [3.8, 4) is 0 Å². The average molecular weight is 225 g/mol. The summed E-state index contributed by atoms with van der Waals surface area (Å²) in [5.74, 6) is 0. The lowest BCUT2D eigenvalue weighted by Crippen LogP contribution is -1.96. The second-order valence-electron chi connectivity index (χ2n) is 2.83. The number of nitrogens with zero attached hydrogens (tertiary/aromatic N) is 1. The number of thiazole rings is 1. The van der Waals surface area contributed by atoms with E-state index in [-0.39, 0.29) is 0 Å². The Morgan fingerprint density at radius 1 is 1.29 bits per heavy atom. The molecule has 1 aromatic carbocycles. The Morgan fingerprint density at radius 3 is 2.71 bits per heavy atom. The maximum atomic E-state index is 5.78. The maximum absolute atomic E-state index is 5.78. The molecule has 2 nitrogen and oxygen atoms in total. The van der Waals surface area contributed by atoms with Crippen molar-refractivity contribution in [2.75, 3.05) is 5.32 Å². The minimum atomic E-state index is 0.758. The molecule has 0 aliphatic carbocycles. The summed E-state index contributed by atoms with van der Waals surface area (Å²) in [6.07, 6.45) is 1.87. The number of nitrogens with one attached hydrogen (secondary N) is 1. The maximum Gasteiger partial charge on any atom is 0.0794 e. The quantitative estimate of drug-likeness (QED) is 0.865. The first-order valence-corrected chi connectivity index (χ1v) is 5.47. The molecular weight excluding hydrogens is 216 g/mol. The molecule has 1 N–H and O–H groups in total. The van der Waals surface area contributed by atoms with E-state index in [1.807, 2.05) is 36.0 Å². The van der Waals surface area contributed by atoms with E-state index < -0.39 is 0 Å². The van der Waals surface area contributed by atoms with Crippen LogP contribution in [0.2, 0.25) is 5.02 Å². The number of anilines is 1. The summed E-state index contributed by atoms with van der Waals surface area (Å²) in [5, 5.41) is 4.04. The van der Waals surface area contributed by atoms with Crippen molar-refractivity contribution >= 4 is 28.6 Å². The number of benzene rings is 1. The molecule has 0 bridgehead atoms. The van der Waals surface area contributed by atoms with Gasteiger partial charge in [-0.05, 0) is 24.3 Å². The van der Waals surface area contributed by atoms with Crippen LogP contribution in [0, 0.1) is 0 Å². The molecule has 1 heterocycles. The summed E-state index contributed by atoms with van der Waals surface area (Å²) < 4.78 is 0. The molecule has 4 heteroatoms. The van der Waals surface area contributed by atoms with Crippen LogP contribution >= 0.6 is 22.9 Å². The monoisotopic (exact) mass is 224 g/mol. The Labute approximate surface area is 91.6 Å². The highest BCUT2D eigenvalue weighted by Gasteiger charge is 1.95. The fourth-order valence-electron chi connectivity index (χ4n) is 1.09. The van der Waals surface area contributed by atoms with E-state index in [1.54, 1.807) is 11.3 Å². The van der Waals surface area contributed by atoms with Crippen molar-refractivity contribution in [3.05, 3.63) is 45.9 Å². The molecule has 72 valence electrons. The number of rotatable bonds is 3. The van der Waals surface area contributed by atoms with E-state index in [2.05, 4.69) is 10.3 Å². The van der Waals surface area contributed by atoms with Crippen molar-refractivity contribution in [1.82, 2.24) is 4.98 Å². The predicted molar refractivity (Wildman–Crippen MR) is 60.9 cm³/mol. The first kappa shape index (κ1) is 9.49. The van der Waals surface area contributed by atoms with Gasteiger partial charge in [0.25, 0.3) is 0 Å². The predicted octanol–water partition coefficient (Wildman–Crippen LogP) is 3.41. The van der Waals surface area contributed by atoms with E-state index in [0.29, 0.717) is 0 Å². The van der Waals surface area contributed by atoms with Gasteiger partial charge in [0.05, 0.1) is 12.1 Å². The highest BCUT2D eigenvalue weighted by molar-refractivity contribution is 7.09. The summed E-state index contributed by atoms with van der Waals surface area (Å²) >= 11 is 7.42. The molecule has 0 fully saturated rings. The standard InChI is InChI=1S/C10H9ClN2S/c11-8-1-3-9(4-2-8)13-6-10-5-12-7-14-10/h1-5,7,13H,6H2. The van der Waals surface area contributed by atoms with Gasteiger partial charge in [-0.3, -0.25) is 4.98 Å². The van der Waals surface area contributed by atoms with Crippen molar-refractivity contribution in [2.24, 2.45) is 0 Å². The molecular formula is C10H9ClN2S. The van der Waals surface area contributed by atoms with Crippen LogP contribution in [0.5, 0.6) is 0 Å². The molecule has 1 aromatic heterocycles. The van der Waals surface area contributed by atoms with E-state index in [4.69, 9.17) is 11.6 Å². The molecule has 0 saturated heterocycles. The third-order valence-electron chi connectivity index (χ3n) is 1.79. The Hall–Kier alpha value is -1.06. The van der Waals surface area contributed by atoms with Gasteiger partial charge in [-0.25, -0.2) is 0 Å². The Morgan fingerprint density at radius 2 is 2.07 bits per heavy atom. The molecule has 0 saturated carbocycles. The minimum Gasteiger partial charge on any atom is -0.380 e. The van der Waals surface area contributed by atoms with Crippen LogP contribution < -0.4 is 5.32 Å².